The number of benzene rings is 1. The number of aryl methyl sites for hydroxylation is 1. The van der Waals surface area contributed by atoms with E-state index >= 15 is 0 Å². The third-order valence-electron chi connectivity index (χ3n) is 5.82. The Bertz CT molecular complexity index is 1370. The maximum absolute atomic E-state index is 12.3. The van der Waals surface area contributed by atoms with Crippen LogP contribution in [0, 0.1) is 6.92 Å². The van der Waals surface area contributed by atoms with Crippen LogP contribution in [-0.4, -0.2) is 41.3 Å². The average Bonchev–Trinajstić information content (AvgIpc) is 3.42. The first-order valence-corrected chi connectivity index (χ1v) is 11.4. The van der Waals surface area contributed by atoms with Gasteiger partial charge in [-0.05, 0) is 24.6 Å². The van der Waals surface area contributed by atoms with Gasteiger partial charge in [0.05, 0.1) is 5.69 Å². The second-order valence-electron chi connectivity index (χ2n) is 7.79. The first-order valence-electron chi connectivity index (χ1n) is 10.2. The molecule has 0 amide bonds. The molecule has 0 radical (unpaired) electrons. The standard InChI is InChI=1S/C23H20N2O5S/c1-13-23-15(14(10-24-13)11-25-2-4-31-5-3-25)6-18(30-23)17-8-22(26)29-19-9-21-20(7-16(17)19)27-12-28-21/h6-10H,2-5,11-12H2,1H3. The van der Waals surface area contributed by atoms with Crippen molar-refractivity contribution in [1.82, 2.24) is 9.88 Å². The van der Waals surface area contributed by atoms with E-state index in [9.17, 15) is 4.79 Å². The number of furan rings is 1. The van der Waals surface area contributed by atoms with Gasteiger partial charge in [-0.3, -0.25) is 9.88 Å². The SMILES string of the molecule is Cc1ncc(CN2CCSCC2)c2cc(-c3cc(=O)oc4cc5c(cc34)OCO5)oc12. The number of aromatic nitrogens is 1. The van der Waals surface area contributed by atoms with Crippen LogP contribution in [-0.2, 0) is 6.54 Å². The van der Waals surface area contributed by atoms with Crippen LogP contribution >= 0.6 is 11.8 Å². The zero-order valence-electron chi connectivity index (χ0n) is 17.0. The number of pyridine rings is 1. The summed E-state index contributed by atoms with van der Waals surface area (Å²) in [6.45, 7) is 5.07. The lowest BCUT2D eigenvalue weighted by Crippen LogP contribution is -2.32. The summed E-state index contributed by atoms with van der Waals surface area (Å²) in [5, 5.41) is 1.77. The van der Waals surface area contributed by atoms with Crippen molar-refractivity contribution in [3.63, 3.8) is 0 Å². The predicted octanol–water partition coefficient (Wildman–Crippen LogP) is 4.19. The molecule has 0 spiro atoms. The highest BCUT2D eigenvalue weighted by Crippen LogP contribution is 2.40. The van der Waals surface area contributed by atoms with Gasteiger partial charge < -0.3 is 18.3 Å². The molecular weight excluding hydrogens is 416 g/mol. The molecule has 0 aliphatic carbocycles. The molecule has 3 aromatic heterocycles. The molecule has 0 bridgehead atoms. The van der Waals surface area contributed by atoms with Gasteiger partial charge in [0.25, 0.3) is 0 Å². The van der Waals surface area contributed by atoms with Crippen LogP contribution in [0.1, 0.15) is 11.3 Å². The number of nitrogens with zero attached hydrogens (tertiary/aromatic N) is 2. The zero-order chi connectivity index (χ0) is 20.9. The van der Waals surface area contributed by atoms with E-state index in [1.165, 1.54) is 6.07 Å². The second-order valence-corrected chi connectivity index (χ2v) is 9.02. The fraction of sp³-hybridized carbons (Fsp3) is 0.304. The van der Waals surface area contributed by atoms with Gasteiger partial charge in [0.1, 0.15) is 11.3 Å². The van der Waals surface area contributed by atoms with Crippen LogP contribution < -0.4 is 15.1 Å². The summed E-state index contributed by atoms with van der Waals surface area (Å²) in [6.07, 6.45) is 1.94. The Morgan fingerprint density at radius 2 is 1.84 bits per heavy atom. The van der Waals surface area contributed by atoms with Crippen molar-refractivity contribution >= 4 is 33.7 Å². The zero-order valence-corrected chi connectivity index (χ0v) is 17.8. The van der Waals surface area contributed by atoms with Gasteiger partial charge in [0.15, 0.2) is 17.1 Å². The van der Waals surface area contributed by atoms with E-state index in [4.69, 9.17) is 18.3 Å². The van der Waals surface area contributed by atoms with Crippen molar-refractivity contribution < 1.29 is 18.3 Å². The van der Waals surface area contributed by atoms with Crippen LogP contribution in [0.15, 0.2) is 44.1 Å². The highest BCUT2D eigenvalue weighted by atomic mass is 32.2. The van der Waals surface area contributed by atoms with Crippen LogP contribution in [0.5, 0.6) is 11.5 Å². The molecule has 6 rings (SSSR count). The minimum absolute atomic E-state index is 0.152. The lowest BCUT2D eigenvalue weighted by molar-refractivity contribution is 0.174. The lowest BCUT2D eigenvalue weighted by Gasteiger charge is -2.26. The summed E-state index contributed by atoms with van der Waals surface area (Å²) in [7, 11) is 0. The van der Waals surface area contributed by atoms with Crippen LogP contribution in [0.25, 0.3) is 33.3 Å². The monoisotopic (exact) mass is 436 g/mol. The van der Waals surface area contributed by atoms with Gasteiger partial charge >= 0.3 is 5.63 Å². The third-order valence-corrected chi connectivity index (χ3v) is 6.76. The van der Waals surface area contributed by atoms with Gasteiger partial charge in [-0.1, -0.05) is 0 Å². The van der Waals surface area contributed by atoms with Gasteiger partial charge in [-0.25, -0.2) is 4.79 Å². The Balaban J connectivity index is 1.50. The van der Waals surface area contributed by atoms with E-state index in [2.05, 4.69) is 9.88 Å². The summed E-state index contributed by atoms with van der Waals surface area (Å²) < 4.78 is 22.6. The second kappa shape index (κ2) is 7.32. The number of hydrogen-bond acceptors (Lipinski definition) is 8. The molecule has 4 aromatic rings. The molecule has 0 unspecified atom stereocenters. The summed E-state index contributed by atoms with van der Waals surface area (Å²) >= 11 is 1.99. The highest BCUT2D eigenvalue weighted by Gasteiger charge is 2.21. The van der Waals surface area contributed by atoms with Crippen molar-refractivity contribution in [3.8, 4) is 22.8 Å². The number of rotatable bonds is 3. The van der Waals surface area contributed by atoms with E-state index in [-0.39, 0.29) is 6.79 Å². The Hall–Kier alpha value is -2.97. The molecule has 2 aliphatic heterocycles. The summed E-state index contributed by atoms with van der Waals surface area (Å²) in [6, 6.07) is 7.00. The van der Waals surface area contributed by atoms with Crippen molar-refractivity contribution in [3.05, 3.63) is 52.1 Å². The van der Waals surface area contributed by atoms with E-state index in [1.54, 1.807) is 6.07 Å². The highest BCUT2D eigenvalue weighted by molar-refractivity contribution is 7.99. The predicted molar refractivity (Wildman–Crippen MR) is 119 cm³/mol. The van der Waals surface area contributed by atoms with E-state index in [0.717, 1.165) is 58.8 Å². The quantitative estimate of drug-likeness (QED) is 0.443. The maximum atomic E-state index is 12.3. The van der Waals surface area contributed by atoms with Crippen LogP contribution in [0.3, 0.4) is 0 Å². The molecule has 158 valence electrons. The van der Waals surface area contributed by atoms with Crippen molar-refractivity contribution in [2.45, 2.75) is 13.5 Å². The Morgan fingerprint density at radius 1 is 1.03 bits per heavy atom. The number of hydrogen-bond donors (Lipinski definition) is 0. The number of fused-ring (bicyclic) bond motifs is 3. The number of thioether (sulfide) groups is 1. The van der Waals surface area contributed by atoms with Crippen molar-refractivity contribution in [2.75, 3.05) is 31.4 Å². The minimum Gasteiger partial charge on any atom is -0.454 e. The smallest absolute Gasteiger partial charge is 0.336 e. The Kier molecular flexibility index (Phi) is 4.43. The molecule has 1 saturated heterocycles. The van der Waals surface area contributed by atoms with E-state index < -0.39 is 5.63 Å². The maximum Gasteiger partial charge on any atom is 0.336 e. The summed E-state index contributed by atoms with van der Waals surface area (Å²) in [5.74, 6) is 4.11. The molecule has 7 nitrogen and oxygen atoms in total. The van der Waals surface area contributed by atoms with E-state index in [1.807, 2.05) is 37.0 Å². The Morgan fingerprint density at radius 3 is 2.68 bits per heavy atom. The molecule has 1 fully saturated rings. The molecule has 0 saturated carbocycles. The van der Waals surface area contributed by atoms with Gasteiger partial charge in [0, 0.05) is 65.8 Å². The van der Waals surface area contributed by atoms with Gasteiger partial charge in [-0.15, -0.1) is 0 Å². The average molecular weight is 436 g/mol. The molecule has 31 heavy (non-hydrogen) atoms. The Labute approximate surface area is 181 Å². The lowest BCUT2D eigenvalue weighted by atomic mass is 10.1. The molecule has 0 atom stereocenters. The van der Waals surface area contributed by atoms with Crippen molar-refractivity contribution in [1.29, 1.82) is 0 Å². The van der Waals surface area contributed by atoms with Crippen molar-refractivity contribution in [2.24, 2.45) is 0 Å². The summed E-state index contributed by atoms with van der Waals surface area (Å²) in [4.78, 5) is 19.3. The summed E-state index contributed by atoms with van der Waals surface area (Å²) in [5.41, 5.74) is 3.37. The van der Waals surface area contributed by atoms with E-state index in [0.29, 0.717) is 28.4 Å². The van der Waals surface area contributed by atoms with Crippen LogP contribution in [0.4, 0.5) is 0 Å². The molecule has 2 aliphatic rings. The molecule has 1 aromatic carbocycles. The molecule has 5 heterocycles. The largest absolute Gasteiger partial charge is 0.454 e. The van der Waals surface area contributed by atoms with Crippen LogP contribution in [0.2, 0.25) is 0 Å². The molecule has 8 heteroatoms. The van der Waals surface area contributed by atoms with Gasteiger partial charge in [-0.2, -0.15) is 11.8 Å². The molecule has 0 N–H and O–H groups in total. The van der Waals surface area contributed by atoms with Gasteiger partial charge in [0.2, 0.25) is 6.79 Å². The minimum atomic E-state index is -0.442. The topological polar surface area (TPSA) is 77.9 Å². The third kappa shape index (κ3) is 3.26. The fourth-order valence-corrected chi connectivity index (χ4v) is 5.19. The number of ether oxygens (including phenoxy) is 2. The fourth-order valence-electron chi connectivity index (χ4n) is 4.22. The first kappa shape index (κ1) is 18.8. The first-order chi connectivity index (χ1) is 15.2. The normalized spacial score (nSPS) is 16.4. The molecular formula is C23H20N2O5S.